The third-order valence-electron chi connectivity index (χ3n) is 5.20. The van der Waals surface area contributed by atoms with Crippen molar-refractivity contribution in [2.75, 3.05) is 13.7 Å². The van der Waals surface area contributed by atoms with E-state index < -0.39 is 35.7 Å². The molecular weight excluding hydrogens is 494 g/mol. The molecule has 1 unspecified atom stereocenters. The predicted octanol–water partition coefficient (Wildman–Crippen LogP) is 4.59. The van der Waals surface area contributed by atoms with Gasteiger partial charge < -0.3 is 29.4 Å². The van der Waals surface area contributed by atoms with Crippen LogP contribution in [0.25, 0.3) is 0 Å². The molecule has 0 saturated heterocycles. The molecular formula is C28H43NO9. The molecule has 0 bridgehead atoms. The van der Waals surface area contributed by atoms with Crippen molar-refractivity contribution in [3.8, 4) is 11.5 Å². The number of rotatable bonds is 14. The molecule has 1 aromatic carbocycles. The first-order valence-corrected chi connectivity index (χ1v) is 12.9. The van der Waals surface area contributed by atoms with E-state index in [4.69, 9.17) is 29.4 Å². The van der Waals surface area contributed by atoms with E-state index in [-0.39, 0.29) is 61.5 Å². The van der Waals surface area contributed by atoms with Gasteiger partial charge in [-0.05, 0) is 42.4 Å². The molecule has 10 heteroatoms. The van der Waals surface area contributed by atoms with Crippen LogP contribution in [0.2, 0.25) is 0 Å². The van der Waals surface area contributed by atoms with Crippen molar-refractivity contribution in [1.29, 1.82) is 0 Å². The number of carbonyl (C=O) groups excluding carboxylic acids is 4. The lowest BCUT2D eigenvalue weighted by molar-refractivity contribution is -0.148. The van der Waals surface area contributed by atoms with Crippen LogP contribution < -0.4 is 15.2 Å². The van der Waals surface area contributed by atoms with Gasteiger partial charge in [-0.1, -0.05) is 47.6 Å². The first-order chi connectivity index (χ1) is 17.6. The summed E-state index contributed by atoms with van der Waals surface area (Å²) in [5.74, 6) is -1.27. The van der Waals surface area contributed by atoms with E-state index in [1.165, 1.54) is 19.2 Å². The highest BCUT2D eigenvalue weighted by atomic mass is 16.7. The zero-order valence-corrected chi connectivity index (χ0v) is 23.8. The van der Waals surface area contributed by atoms with E-state index in [1.54, 1.807) is 13.0 Å². The van der Waals surface area contributed by atoms with Gasteiger partial charge in [-0.25, -0.2) is 4.79 Å². The topological polar surface area (TPSA) is 140 Å². The van der Waals surface area contributed by atoms with Gasteiger partial charge in [0, 0.05) is 25.7 Å². The van der Waals surface area contributed by atoms with Crippen LogP contribution in [0.4, 0.5) is 4.79 Å². The summed E-state index contributed by atoms with van der Waals surface area (Å²) in [6.07, 6.45) is -1.38. The van der Waals surface area contributed by atoms with Crippen LogP contribution in [0.5, 0.6) is 11.5 Å². The van der Waals surface area contributed by atoms with Gasteiger partial charge in [0.1, 0.15) is 11.6 Å². The Morgan fingerprint density at radius 2 is 1.39 bits per heavy atom. The predicted molar refractivity (Wildman–Crippen MR) is 141 cm³/mol. The van der Waals surface area contributed by atoms with Crippen LogP contribution >= 0.6 is 0 Å². The Morgan fingerprint density at radius 1 is 0.842 bits per heavy atom. The monoisotopic (exact) mass is 537 g/mol. The normalized spacial score (nSPS) is 13.6. The van der Waals surface area contributed by atoms with Crippen molar-refractivity contribution in [3.05, 3.63) is 23.8 Å². The summed E-state index contributed by atoms with van der Waals surface area (Å²) in [6.45, 7) is 13.1. The van der Waals surface area contributed by atoms with Crippen molar-refractivity contribution in [2.24, 2.45) is 23.5 Å². The Hall–Kier alpha value is -3.14. The van der Waals surface area contributed by atoms with Crippen molar-refractivity contribution in [1.82, 2.24) is 0 Å². The highest BCUT2D eigenvalue weighted by Crippen LogP contribution is 2.32. The van der Waals surface area contributed by atoms with E-state index >= 15 is 0 Å². The molecule has 2 N–H and O–H groups in total. The fraction of sp³-hybridized carbons (Fsp3) is 0.643. The van der Waals surface area contributed by atoms with Gasteiger partial charge in [0.05, 0.1) is 13.7 Å². The van der Waals surface area contributed by atoms with Crippen LogP contribution in [-0.4, -0.2) is 49.4 Å². The third kappa shape index (κ3) is 11.9. The molecule has 1 aromatic rings. The molecule has 0 saturated carbocycles. The van der Waals surface area contributed by atoms with Crippen LogP contribution in [-0.2, 0) is 35.0 Å². The van der Waals surface area contributed by atoms with Gasteiger partial charge in [0.15, 0.2) is 11.5 Å². The van der Waals surface area contributed by atoms with E-state index in [0.29, 0.717) is 5.56 Å². The minimum atomic E-state index is -1.58. The molecule has 1 rings (SSSR count). The van der Waals surface area contributed by atoms with Gasteiger partial charge in [-0.2, -0.15) is 0 Å². The van der Waals surface area contributed by atoms with Gasteiger partial charge in [-0.15, -0.1) is 0 Å². The standard InChI is InChI=1S/C28H43NO9/c1-17(2)11-24(30)37-22-10-9-21(13-23(22)38-25(31)12-18(3)4)15-28(29,26(32)34-8)14-20(7)36-27(33)35-16-19(5)6/h9-10,13,17-20H,11-12,14-16,29H2,1-8H3/t20-,28?/m0/s1. The first kappa shape index (κ1) is 32.9. The van der Waals surface area contributed by atoms with Crippen molar-refractivity contribution >= 4 is 24.1 Å². The molecule has 10 nitrogen and oxygen atoms in total. The number of ether oxygens (including phenoxy) is 5. The summed E-state index contributed by atoms with van der Waals surface area (Å²) in [5, 5.41) is 0. The molecule has 38 heavy (non-hydrogen) atoms. The van der Waals surface area contributed by atoms with Gasteiger partial charge in [-0.3, -0.25) is 14.4 Å². The van der Waals surface area contributed by atoms with Gasteiger partial charge in [0.25, 0.3) is 0 Å². The largest absolute Gasteiger partial charge is 0.508 e. The molecule has 0 aliphatic heterocycles. The Kier molecular flexibility index (Phi) is 13.3. The number of nitrogens with two attached hydrogens (primary N) is 1. The smallest absolute Gasteiger partial charge is 0.468 e. The second kappa shape index (κ2) is 15.3. The molecule has 0 fully saturated rings. The number of benzene rings is 1. The fourth-order valence-corrected chi connectivity index (χ4v) is 3.60. The highest BCUT2D eigenvalue weighted by molar-refractivity contribution is 5.81. The lowest BCUT2D eigenvalue weighted by Gasteiger charge is -2.29. The number of methoxy groups -OCH3 is 1. The number of hydrogen-bond acceptors (Lipinski definition) is 10. The van der Waals surface area contributed by atoms with Crippen molar-refractivity contribution < 1.29 is 42.9 Å². The van der Waals surface area contributed by atoms with Gasteiger partial charge in [0.2, 0.25) is 0 Å². The minimum Gasteiger partial charge on any atom is -0.468 e. The molecule has 0 aliphatic rings. The van der Waals surface area contributed by atoms with Crippen molar-refractivity contribution in [2.45, 2.75) is 85.8 Å². The zero-order valence-electron chi connectivity index (χ0n) is 23.8. The SMILES string of the molecule is COC(=O)C(N)(Cc1ccc(OC(=O)CC(C)C)c(OC(=O)CC(C)C)c1)C[C@H](C)OC(=O)OCC(C)C. The molecule has 0 aromatic heterocycles. The average Bonchev–Trinajstić information content (AvgIpc) is 2.77. The van der Waals surface area contributed by atoms with E-state index in [2.05, 4.69) is 0 Å². The second-order valence-corrected chi connectivity index (χ2v) is 10.8. The van der Waals surface area contributed by atoms with Crippen LogP contribution in [0, 0.1) is 17.8 Å². The van der Waals surface area contributed by atoms with Gasteiger partial charge >= 0.3 is 24.1 Å². The molecule has 0 radical (unpaired) electrons. The highest BCUT2D eigenvalue weighted by Gasteiger charge is 2.38. The summed E-state index contributed by atoms with van der Waals surface area (Å²) >= 11 is 0. The van der Waals surface area contributed by atoms with E-state index in [0.717, 1.165) is 0 Å². The maximum absolute atomic E-state index is 12.7. The Balaban J connectivity index is 3.19. The number of esters is 3. The lowest BCUT2D eigenvalue weighted by atomic mass is 9.86. The van der Waals surface area contributed by atoms with E-state index in [1.807, 2.05) is 41.5 Å². The lowest BCUT2D eigenvalue weighted by Crippen LogP contribution is -2.53. The number of carbonyl (C=O) groups is 4. The molecule has 0 heterocycles. The molecule has 0 aliphatic carbocycles. The summed E-state index contributed by atoms with van der Waals surface area (Å²) < 4.78 is 26.2. The zero-order chi connectivity index (χ0) is 29.0. The second-order valence-electron chi connectivity index (χ2n) is 10.8. The van der Waals surface area contributed by atoms with Crippen molar-refractivity contribution in [3.63, 3.8) is 0 Å². The maximum Gasteiger partial charge on any atom is 0.508 e. The Morgan fingerprint density at radius 3 is 1.89 bits per heavy atom. The summed E-state index contributed by atoms with van der Waals surface area (Å²) in [6, 6.07) is 4.61. The van der Waals surface area contributed by atoms with E-state index in [9.17, 15) is 19.2 Å². The third-order valence-corrected chi connectivity index (χ3v) is 5.20. The Bertz CT molecular complexity index is 958. The average molecular weight is 538 g/mol. The summed E-state index contributed by atoms with van der Waals surface area (Å²) in [5.41, 5.74) is 5.41. The van der Waals surface area contributed by atoms with Crippen LogP contribution in [0.3, 0.4) is 0 Å². The van der Waals surface area contributed by atoms with Crippen LogP contribution in [0.15, 0.2) is 18.2 Å². The maximum atomic E-state index is 12.7. The summed E-state index contributed by atoms with van der Waals surface area (Å²) in [4.78, 5) is 49.4. The van der Waals surface area contributed by atoms with Crippen LogP contribution in [0.1, 0.15) is 73.3 Å². The Labute approximate surface area is 225 Å². The minimum absolute atomic E-state index is 0.0383. The molecule has 0 amide bonds. The number of hydrogen-bond donors (Lipinski definition) is 1. The first-order valence-electron chi connectivity index (χ1n) is 12.9. The molecule has 214 valence electrons. The quantitative estimate of drug-likeness (QED) is 0.265. The molecule has 2 atom stereocenters. The molecule has 0 spiro atoms. The fourth-order valence-electron chi connectivity index (χ4n) is 3.60. The summed E-state index contributed by atoms with van der Waals surface area (Å²) in [7, 11) is 1.21.